The minimum atomic E-state index is -2.60. The molecule has 1 aromatic heterocycles. The lowest BCUT2D eigenvalue weighted by Gasteiger charge is -2.28. The van der Waals surface area contributed by atoms with Crippen molar-refractivity contribution in [1.82, 2.24) is 9.78 Å². The molecule has 0 atom stereocenters. The molecule has 0 spiro atoms. The molecule has 88 valence electrons. The van der Waals surface area contributed by atoms with Crippen LogP contribution in [-0.4, -0.2) is 15.7 Å². The van der Waals surface area contributed by atoms with Gasteiger partial charge in [0.1, 0.15) is 5.69 Å². The summed E-state index contributed by atoms with van der Waals surface area (Å²) in [7, 11) is 0. The molecular weight excluding hydrogens is 216 g/mol. The third-order valence-corrected chi connectivity index (χ3v) is 2.93. The molecule has 1 aliphatic rings. The topological polar surface area (TPSA) is 60.9 Å². The number of hydrogen-bond acceptors (Lipinski definition) is 3. The van der Waals surface area contributed by atoms with Crippen molar-refractivity contribution in [3.05, 3.63) is 22.6 Å². The molecule has 0 unspecified atom stereocenters. The van der Waals surface area contributed by atoms with Gasteiger partial charge in [-0.05, 0) is 18.9 Å². The molecule has 0 aromatic carbocycles. The van der Waals surface area contributed by atoms with E-state index in [0.29, 0.717) is 0 Å². The van der Waals surface area contributed by atoms with Gasteiger partial charge in [-0.3, -0.25) is 4.79 Å². The van der Waals surface area contributed by atoms with Crippen molar-refractivity contribution in [2.45, 2.75) is 37.6 Å². The summed E-state index contributed by atoms with van der Waals surface area (Å²) in [5, 5.41) is 3.89. The summed E-state index contributed by atoms with van der Waals surface area (Å²) in [5.74, 6) is -2.60. The van der Waals surface area contributed by atoms with E-state index in [9.17, 15) is 13.6 Å². The van der Waals surface area contributed by atoms with Crippen LogP contribution in [0.15, 0.2) is 17.1 Å². The Labute approximate surface area is 91.1 Å². The van der Waals surface area contributed by atoms with E-state index in [4.69, 9.17) is 5.73 Å². The zero-order valence-corrected chi connectivity index (χ0v) is 8.70. The first-order valence-electron chi connectivity index (χ1n) is 5.21. The van der Waals surface area contributed by atoms with Crippen molar-refractivity contribution >= 4 is 5.69 Å². The van der Waals surface area contributed by atoms with Gasteiger partial charge in [0.2, 0.25) is 5.92 Å². The Morgan fingerprint density at radius 1 is 1.44 bits per heavy atom. The number of rotatable bonds is 1. The maximum atomic E-state index is 12.9. The predicted octanol–water partition coefficient (Wildman–Crippen LogP) is 1.58. The number of aromatic nitrogens is 2. The van der Waals surface area contributed by atoms with E-state index in [0.717, 1.165) is 0 Å². The van der Waals surface area contributed by atoms with E-state index in [-0.39, 0.29) is 37.4 Å². The van der Waals surface area contributed by atoms with E-state index in [1.54, 1.807) is 0 Å². The number of nitrogens with zero attached hydrogens (tertiary/aromatic N) is 2. The molecule has 6 heteroatoms. The van der Waals surface area contributed by atoms with E-state index in [1.165, 1.54) is 16.9 Å². The molecule has 1 heterocycles. The molecule has 1 aromatic rings. The first-order chi connectivity index (χ1) is 7.49. The number of alkyl halides is 2. The van der Waals surface area contributed by atoms with E-state index < -0.39 is 11.5 Å². The minimum Gasteiger partial charge on any atom is -0.394 e. The fraction of sp³-hybridized carbons (Fsp3) is 0.600. The Kier molecular flexibility index (Phi) is 2.65. The Hall–Kier alpha value is -1.46. The van der Waals surface area contributed by atoms with Crippen LogP contribution in [-0.2, 0) is 0 Å². The molecule has 4 nitrogen and oxygen atoms in total. The average molecular weight is 229 g/mol. The van der Waals surface area contributed by atoms with Gasteiger partial charge < -0.3 is 5.73 Å². The van der Waals surface area contributed by atoms with Gasteiger partial charge in [-0.25, -0.2) is 13.5 Å². The van der Waals surface area contributed by atoms with Gasteiger partial charge in [0.15, 0.2) is 0 Å². The first-order valence-corrected chi connectivity index (χ1v) is 5.21. The molecule has 0 aliphatic heterocycles. The van der Waals surface area contributed by atoms with E-state index in [1.807, 2.05) is 0 Å². The summed E-state index contributed by atoms with van der Waals surface area (Å²) in [6.45, 7) is 0. The first kappa shape index (κ1) is 11.0. The predicted molar refractivity (Wildman–Crippen MR) is 55.4 cm³/mol. The zero-order chi connectivity index (χ0) is 11.8. The standard InChI is InChI=1S/C10H13F2N3O/c11-10(12)4-1-7(2-5-10)15-9(16)8(13)3-6-14-15/h3,6-7H,1-2,4-5,13H2. The highest BCUT2D eigenvalue weighted by Crippen LogP contribution is 2.37. The van der Waals surface area contributed by atoms with Crippen molar-refractivity contribution in [3.8, 4) is 0 Å². The van der Waals surface area contributed by atoms with Gasteiger partial charge >= 0.3 is 0 Å². The molecule has 2 rings (SSSR count). The van der Waals surface area contributed by atoms with Crippen LogP contribution in [0.5, 0.6) is 0 Å². The third-order valence-electron chi connectivity index (χ3n) is 2.93. The van der Waals surface area contributed by atoms with Crippen LogP contribution in [0.25, 0.3) is 0 Å². The normalized spacial score (nSPS) is 20.9. The fourth-order valence-corrected chi connectivity index (χ4v) is 1.97. The van der Waals surface area contributed by atoms with Gasteiger partial charge in [0.25, 0.3) is 5.56 Å². The van der Waals surface area contributed by atoms with Gasteiger partial charge in [-0.1, -0.05) is 0 Å². The van der Waals surface area contributed by atoms with E-state index in [2.05, 4.69) is 5.10 Å². The monoisotopic (exact) mass is 229 g/mol. The third kappa shape index (κ3) is 2.05. The highest BCUT2D eigenvalue weighted by atomic mass is 19.3. The summed E-state index contributed by atoms with van der Waals surface area (Å²) in [5.41, 5.74) is 5.17. The molecule has 1 fully saturated rings. The quantitative estimate of drug-likeness (QED) is 0.795. The van der Waals surface area contributed by atoms with Gasteiger partial charge in [-0.15, -0.1) is 0 Å². The lowest BCUT2D eigenvalue weighted by Crippen LogP contribution is -2.33. The number of nitrogens with two attached hydrogens (primary N) is 1. The molecule has 0 radical (unpaired) electrons. The van der Waals surface area contributed by atoms with Gasteiger partial charge in [0, 0.05) is 19.0 Å². The number of hydrogen-bond donors (Lipinski definition) is 1. The Bertz CT molecular complexity index is 434. The van der Waals surface area contributed by atoms with Crippen LogP contribution in [0.2, 0.25) is 0 Å². The zero-order valence-electron chi connectivity index (χ0n) is 8.70. The van der Waals surface area contributed by atoms with Crippen LogP contribution in [0.1, 0.15) is 31.7 Å². The SMILES string of the molecule is Nc1ccnn(C2CCC(F)(F)CC2)c1=O. The summed E-state index contributed by atoms with van der Waals surface area (Å²) < 4.78 is 27.1. The largest absolute Gasteiger partial charge is 0.394 e. The maximum absolute atomic E-state index is 12.9. The summed E-state index contributed by atoms with van der Waals surface area (Å²) in [4.78, 5) is 11.6. The number of nitrogen functional groups attached to an aromatic ring is 1. The molecule has 0 bridgehead atoms. The molecule has 1 aliphatic carbocycles. The number of anilines is 1. The van der Waals surface area contributed by atoms with Crippen LogP contribution in [0, 0.1) is 0 Å². The van der Waals surface area contributed by atoms with Gasteiger partial charge in [0.05, 0.1) is 6.04 Å². The van der Waals surface area contributed by atoms with Crippen LogP contribution >= 0.6 is 0 Å². The lowest BCUT2D eigenvalue weighted by atomic mass is 9.92. The molecule has 1 saturated carbocycles. The lowest BCUT2D eigenvalue weighted by molar-refractivity contribution is -0.0454. The molecular formula is C10H13F2N3O. The highest BCUT2D eigenvalue weighted by molar-refractivity contribution is 5.32. The van der Waals surface area contributed by atoms with Crippen LogP contribution in [0.4, 0.5) is 14.5 Å². The van der Waals surface area contributed by atoms with Gasteiger partial charge in [-0.2, -0.15) is 5.10 Å². The Morgan fingerprint density at radius 2 is 2.06 bits per heavy atom. The van der Waals surface area contributed by atoms with Crippen LogP contribution < -0.4 is 11.3 Å². The van der Waals surface area contributed by atoms with Crippen molar-refractivity contribution in [2.75, 3.05) is 5.73 Å². The Balaban J connectivity index is 2.21. The second-order valence-corrected chi connectivity index (χ2v) is 4.12. The average Bonchev–Trinajstić information content (AvgIpc) is 2.23. The van der Waals surface area contributed by atoms with Crippen molar-refractivity contribution in [2.24, 2.45) is 0 Å². The maximum Gasteiger partial charge on any atom is 0.290 e. The Morgan fingerprint density at radius 3 is 2.69 bits per heavy atom. The molecule has 0 amide bonds. The summed E-state index contributed by atoms with van der Waals surface area (Å²) in [6.07, 6.45) is 1.57. The van der Waals surface area contributed by atoms with Crippen molar-refractivity contribution in [1.29, 1.82) is 0 Å². The summed E-state index contributed by atoms with van der Waals surface area (Å²) >= 11 is 0. The minimum absolute atomic E-state index is 0.104. The smallest absolute Gasteiger partial charge is 0.290 e. The fourth-order valence-electron chi connectivity index (χ4n) is 1.97. The second-order valence-electron chi connectivity index (χ2n) is 4.12. The van der Waals surface area contributed by atoms with Crippen molar-refractivity contribution in [3.63, 3.8) is 0 Å². The molecule has 0 saturated heterocycles. The van der Waals surface area contributed by atoms with E-state index >= 15 is 0 Å². The molecule has 16 heavy (non-hydrogen) atoms. The highest BCUT2D eigenvalue weighted by Gasteiger charge is 2.36. The van der Waals surface area contributed by atoms with Crippen molar-refractivity contribution < 1.29 is 8.78 Å². The molecule has 2 N–H and O–H groups in total. The number of halogens is 2. The van der Waals surface area contributed by atoms with Crippen LogP contribution in [0.3, 0.4) is 0 Å². The summed E-state index contributed by atoms with van der Waals surface area (Å²) in [6, 6.07) is 1.16. The second kappa shape index (κ2) is 3.84.